The normalized spacial score (nSPS) is 21.8. The molecule has 3 N–H and O–H groups in total. The highest BCUT2D eigenvalue weighted by molar-refractivity contribution is 5.99. The molecule has 0 aliphatic carbocycles. The van der Waals surface area contributed by atoms with Gasteiger partial charge in [-0.15, -0.1) is 0 Å². The Morgan fingerprint density at radius 1 is 1.40 bits per heavy atom. The van der Waals surface area contributed by atoms with E-state index in [1.807, 2.05) is 6.92 Å². The van der Waals surface area contributed by atoms with Crippen LogP contribution in [0.2, 0.25) is 0 Å². The number of phenolic OH excluding ortho intramolecular Hbond substituents is 1. The first-order valence-electron chi connectivity index (χ1n) is 6.40. The lowest BCUT2D eigenvalue weighted by Gasteiger charge is -2.17. The van der Waals surface area contributed by atoms with Gasteiger partial charge in [0.25, 0.3) is 5.91 Å². The Kier molecular flexibility index (Phi) is 3.83. The van der Waals surface area contributed by atoms with Gasteiger partial charge in [-0.3, -0.25) is 9.59 Å². The summed E-state index contributed by atoms with van der Waals surface area (Å²) in [5, 5.41) is 9.85. The fraction of sp³-hybridized carbons (Fsp3) is 0.429. The predicted octanol–water partition coefficient (Wildman–Crippen LogP) is 0.856. The largest absolute Gasteiger partial charge is 0.505 e. The number of esters is 1. The maximum absolute atomic E-state index is 12.4. The van der Waals surface area contributed by atoms with E-state index < -0.39 is 0 Å². The summed E-state index contributed by atoms with van der Waals surface area (Å²) in [6, 6.07) is 4.65. The summed E-state index contributed by atoms with van der Waals surface area (Å²) in [4.78, 5) is 25.5. The van der Waals surface area contributed by atoms with Crippen molar-refractivity contribution in [2.45, 2.75) is 6.92 Å². The number of para-hydroxylation sites is 1. The summed E-state index contributed by atoms with van der Waals surface area (Å²) in [6.45, 7) is 2.64. The third-order valence-electron chi connectivity index (χ3n) is 3.70. The van der Waals surface area contributed by atoms with Crippen LogP contribution in [-0.4, -0.2) is 42.1 Å². The van der Waals surface area contributed by atoms with Gasteiger partial charge in [-0.2, -0.15) is 0 Å². The van der Waals surface area contributed by atoms with Gasteiger partial charge in [-0.1, -0.05) is 13.0 Å². The number of carbonyl (C=O) groups is 2. The van der Waals surface area contributed by atoms with E-state index in [4.69, 9.17) is 10.5 Å². The van der Waals surface area contributed by atoms with Crippen LogP contribution in [0.5, 0.6) is 5.75 Å². The van der Waals surface area contributed by atoms with Crippen LogP contribution in [0.4, 0.5) is 5.69 Å². The average Bonchev–Trinajstić information content (AvgIpc) is 2.82. The molecule has 1 aromatic rings. The summed E-state index contributed by atoms with van der Waals surface area (Å²) in [5.41, 5.74) is 5.90. The molecule has 2 unspecified atom stereocenters. The van der Waals surface area contributed by atoms with Crippen LogP contribution in [0.1, 0.15) is 17.3 Å². The van der Waals surface area contributed by atoms with Crippen molar-refractivity contribution in [3.8, 4) is 5.75 Å². The zero-order valence-electron chi connectivity index (χ0n) is 11.5. The molecule has 1 aromatic carbocycles. The van der Waals surface area contributed by atoms with Gasteiger partial charge >= 0.3 is 5.97 Å². The molecule has 1 aliphatic heterocycles. The summed E-state index contributed by atoms with van der Waals surface area (Å²) >= 11 is 0. The van der Waals surface area contributed by atoms with Crippen LogP contribution in [0.15, 0.2) is 18.2 Å². The number of nitrogens with zero attached hydrogens (tertiary/aromatic N) is 1. The highest BCUT2D eigenvalue weighted by atomic mass is 16.5. The molecule has 20 heavy (non-hydrogen) atoms. The Labute approximate surface area is 117 Å². The van der Waals surface area contributed by atoms with Crippen molar-refractivity contribution >= 4 is 17.6 Å². The topological polar surface area (TPSA) is 92.9 Å². The monoisotopic (exact) mass is 278 g/mol. The molecule has 108 valence electrons. The van der Waals surface area contributed by atoms with Crippen LogP contribution in [0.25, 0.3) is 0 Å². The molecule has 6 heteroatoms. The Morgan fingerprint density at radius 2 is 2.10 bits per heavy atom. The minimum Gasteiger partial charge on any atom is -0.505 e. The van der Waals surface area contributed by atoms with Gasteiger partial charge < -0.3 is 20.5 Å². The molecule has 1 saturated heterocycles. The van der Waals surface area contributed by atoms with Gasteiger partial charge in [0.05, 0.1) is 24.3 Å². The van der Waals surface area contributed by atoms with Gasteiger partial charge in [0.1, 0.15) is 0 Å². The molecule has 1 amide bonds. The lowest BCUT2D eigenvalue weighted by Crippen LogP contribution is -2.30. The number of hydrogen-bond acceptors (Lipinski definition) is 5. The maximum Gasteiger partial charge on any atom is 0.310 e. The lowest BCUT2D eigenvalue weighted by molar-refractivity contribution is -0.146. The first kappa shape index (κ1) is 14.2. The number of phenols is 1. The minimum absolute atomic E-state index is 0.0228. The van der Waals surface area contributed by atoms with Gasteiger partial charge in [0.2, 0.25) is 0 Å². The highest BCUT2D eigenvalue weighted by Gasteiger charge is 2.38. The van der Waals surface area contributed by atoms with E-state index in [-0.39, 0.29) is 40.7 Å². The lowest BCUT2D eigenvalue weighted by atomic mass is 9.99. The zero-order chi connectivity index (χ0) is 14.9. The number of methoxy groups -OCH3 is 1. The van der Waals surface area contributed by atoms with Crippen molar-refractivity contribution in [1.29, 1.82) is 0 Å². The Balaban J connectivity index is 2.19. The van der Waals surface area contributed by atoms with Gasteiger partial charge in [0.15, 0.2) is 5.75 Å². The Hall–Kier alpha value is -2.24. The van der Waals surface area contributed by atoms with Crippen LogP contribution in [0, 0.1) is 11.8 Å². The van der Waals surface area contributed by atoms with Crippen molar-refractivity contribution in [2.24, 2.45) is 11.8 Å². The van der Waals surface area contributed by atoms with Crippen LogP contribution in [-0.2, 0) is 9.53 Å². The molecule has 1 fully saturated rings. The second-order valence-electron chi connectivity index (χ2n) is 5.06. The maximum atomic E-state index is 12.4. The van der Waals surface area contributed by atoms with Crippen molar-refractivity contribution in [2.75, 3.05) is 25.9 Å². The number of ether oxygens (including phenoxy) is 1. The molecular formula is C14H18N2O4. The molecule has 0 saturated carbocycles. The number of nitrogens with two attached hydrogens (primary N) is 1. The van der Waals surface area contributed by atoms with E-state index in [2.05, 4.69) is 0 Å². The molecule has 1 aliphatic rings. The SMILES string of the molecule is COC(=O)C1CN(C(=O)c2cccc(N)c2O)CC1C. The third kappa shape index (κ3) is 2.41. The average molecular weight is 278 g/mol. The van der Waals surface area contributed by atoms with Crippen molar-refractivity contribution in [3.63, 3.8) is 0 Å². The predicted molar refractivity (Wildman–Crippen MR) is 73.1 cm³/mol. The standard InChI is InChI=1S/C14H18N2O4/c1-8-6-16(7-10(8)14(19)20-2)13(18)9-4-3-5-11(15)12(9)17/h3-5,8,10,17H,6-7,15H2,1-2H3. The van der Waals surface area contributed by atoms with Crippen molar-refractivity contribution in [1.82, 2.24) is 4.90 Å². The molecule has 2 atom stereocenters. The number of nitrogen functional groups attached to an aromatic ring is 1. The molecule has 1 heterocycles. The number of anilines is 1. The van der Waals surface area contributed by atoms with Crippen LogP contribution in [0.3, 0.4) is 0 Å². The molecule has 0 radical (unpaired) electrons. The Bertz CT molecular complexity index is 544. The van der Waals surface area contributed by atoms with Crippen molar-refractivity contribution in [3.05, 3.63) is 23.8 Å². The third-order valence-corrected chi connectivity index (χ3v) is 3.70. The molecular weight excluding hydrogens is 260 g/mol. The quantitative estimate of drug-likeness (QED) is 0.475. The summed E-state index contributed by atoms with van der Waals surface area (Å²) in [7, 11) is 1.34. The van der Waals surface area contributed by atoms with E-state index in [1.165, 1.54) is 19.2 Å². The van der Waals surface area contributed by atoms with Crippen molar-refractivity contribution < 1.29 is 19.4 Å². The number of hydrogen-bond donors (Lipinski definition) is 2. The van der Waals surface area contributed by atoms with E-state index >= 15 is 0 Å². The zero-order valence-corrected chi connectivity index (χ0v) is 11.5. The van der Waals surface area contributed by atoms with Gasteiger partial charge in [-0.05, 0) is 18.1 Å². The minimum atomic E-state index is -0.327. The molecule has 6 nitrogen and oxygen atoms in total. The molecule has 0 bridgehead atoms. The van der Waals surface area contributed by atoms with E-state index in [0.717, 1.165) is 0 Å². The number of benzene rings is 1. The summed E-state index contributed by atoms with van der Waals surface area (Å²) in [6.07, 6.45) is 0. The first-order valence-corrected chi connectivity index (χ1v) is 6.40. The van der Waals surface area contributed by atoms with Gasteiger partial charge in [0, 0.05) is 13.1 Å². The summed E-state index contributed by atoms with van der Waals surface area (Å²) < 4.78 is 4.73. The van der Waals surface area contributed by atoms with Crippen LogP contribution >= 0.6 is 0 Å². The van der Waals surface area contributed by atoms with E-state index in [9.17, 15) is 14.7 Å². The number of amides is 1. The second-order valence-corrected chi connectivity index (χ2v) is 5.06. The Morgan fingerprint density at radius 3 is 2.75 bits per heavy atom. The molecule has 2 rings (SSSR count). The fourth-order valence-electron chi connectivity index (χ4n) is 2.50. The van der Waals surface area contributed by atoms with E-state index in [1.54, 1.807) is 11.0 Å². The first-order chi connectivity index (χ1) is 9.45. The second kappa shape index (κ2) is 5.40. The van der Waals surface area contributed by atoms with Gasteiger partial charge in [-0.25, -0.2) is 0 Å². The van der Waals surface area contributed by atoms with E-state index in [0.29, 0.717) is 13.1 Å². The molecule has 0 spiro atoms. The number of likely N-dealkylation sites (tertiary alicyclic amines) is 1. The number of rotatable bonds is 2. The summed E-state index contributed by atoms with van der Waals surface area (Å²) in [5.74, 6) is -1.16. The highest BCUT2D eigenvalue weighted by Crippen LogP contribution is 2.30. The number of carbonyl (C=O) groups excluding carboxylic acids is 2. The number of aromatic hydroxyl groups is 1. The molecule has 0 aromatic heterocycles. The van der Waals surface area contributed by atoms with Crippen LogP contribution < -0.4 is 5.73 Å². The fourth-order valence-corrected chi connectivity index (χ4v) is 2.50. The smallest absolute Gasteiger partial charge is 0.310 e.